The lowest BCUT2D eigenvalue weighted by Gasteiger charge is -2.61. The highest BCUT2D eigenvalue weighted by molar-refractivity contribution is 6.33. The third-order valence-electron chi connectivity index (χ3n) is 7.95. The fourth-order valence-corrected chi connectivity index (χ4v) is 6.05. The van der Waals surface area contributed by atoms with Gasteiger partial charge in [-0.05, 0) is 38.2 Å². The second-order valence-corrected chi connectivity index (χ2v) is 10.5. The SMILES string of the molecule is CC1(N2CCN(c3nc4c(cnn4-c4cnn(C56CC(C5)C6)c4)cc3Cl)CC2)COC1. The van der Waals surface area contributed by atoms with Crippen LogP contribution in [0.15, 0.2) is 24.7 Å². The van der Waals surface area contributed by atoms with Crippen LogP contribution in [0.2, 0.25) is 5.02 Å². The van der Waals surface area contributed by atoms with Crippen molar-refractivity contribution < 1.29 is 4.74 Å². The van der Waals surface area contributed by atoms with E-state index in [2.05, 4.69) is 37.8 Å². The minimum absolute atomic E-state index is 0.187. The average Bonchev–Trinajstić information content (AvgIpc) is 3.30. The molecular weight excluding hydrogens is 414 g/mol. The Hall–Kier alpha value is -2.16. The fraction of sp³-hybridized carbons (Fsp3) is 0.591. The first kappa shape index (κ1) is 18.4. The van der Waals surface area contributed by atoms with Crippen LogP contribution in [0.25, 0.3) is 16.7 Å². The zero-order valence-corrected chi connectivity index (χ0v) is 18.4. The van der Waals surface area contributed by atoms with E-state index in [4.69, 9.17) is 21.3 Å². The molecule has 8 rings (SSSR count). The first-order chi connectivity index (χ1) is 15.0. The molecule has 5 heterocycles. The van der Waals surface area contributed by atoms with Crippen LogP contribution in [0.5, 0.6) is 0 Å². The number of pyridine rings is 1. The Bertz CT molecular complexity index is 1160. The summed E-state index contributed by atoms with van der Waals surface area (Å²) in [4.78, 5) is 9.81. The van der Waals surface area contributed by atoms with Gasteiger partial charge in [0.15, 0.2) is 5.65 Å². The smallest absolute Gasteiger partial charge is 0.165 e. The number of rotatable bonds is 4. The molecule has 2 aliphatic heterocycles. The van der Waals surface area contributed by atoms with Gasteiger partial charge in [0, 0.05) is 31.6 Å². The monoisotopic (exact) mass is 439 g/mol. The Labute approximate surface area is 185 Å². The minimum Gasteiger partial charge on any atom is -0.377 e. The quantitative estimate of drug-likeness (QED) is 0.622. The van der Waals surface area contributed by atoms with Crippen LogP contribution in [0.3, 0.4) is 0 Å². The first-order valence-corrected chi connectivity index (χ1v) is 11.6. The van der Waals surface area contributed by atoms with Gasteiger partial charge in [-0.25, -0.2) is 9.67 Å². The maximum Gasteiger partial charge on any atom is 0.165 e. The number of hydrogen-bond acceptors (Lipinski definition) is 6. The molecule has 31 heavy (non-hydrogen) atoms. The second kappa shape index (κ2) is 6.21. The number of aromatic nitrogens is 5. The number of anilines is 1. The van der Waals surface area contributed by atoms with Crippen LogP contribution < -0.4 is 4.90 Å². The lowest BCUT2D eigenvalue weighted by atomic mass is 9.50. The van der Waals surface area contributed by atoms with Crippen LogP contribution in [0.1, 0.15) is 26.2 Å². The fourth-order valence-electron chi connectivity index (χ4n) is 5.77. The largest absolute Gasteiger partial charge is 0.377 e. The molecule has 5 fully saturated rings. The molecular formula is C22H26ClN7O. The highest BCUT2D eigenvalue weighted by Gasteiger charge is 2.58. The number of piperazine rings is 1. The molecule has 0 N–H and O–H groups in total. The van der Waals surface area contributed by atoms with Gasteiger partial charge in [-0.3, -0.25) is 9.58 Å². The summed E-state index contributed by atoms with van der Waals surface area (Å²) >= 11 is 6.66. The van der Waals surface area contributed by atoms with Crippen molar-refractivity contribution in [2.24, 2.45) is 5.92 Å². The lowest BCUT2D eigenvalue weighted by Crippen LogP contribution is -2.64. The Morgan fingerprint density at radius 2 is 1.84 bits per heavy atom. The number of nitrogens with zero attached hydrogens (tertiary/aromatic N) is 7. The van der Waals surface area contributed by atoms with E-state index in [-0.39, 0.29) is 11.1 Å². The van der Waals surface area contributed by atoms with Crippen molar-refractivity contribution in [3.05, 3.63) is 29.7 Å². The van der Waals surface area contributed by atoms with Gasteiger partial charge < -0.3 is 9.64 Å². The summed E-state index contributed by atoms with van der Waals surface area (Å²) in [7, 11) is 0. The van der Waals surface area contributed by atoms with Crippen molar-refractivity contribution >= 4 is 28.5 Å². The van der Waals surface area contributed by atoms with Gasteiger partial charge in [-0.2, -0.15) is 10.2 Å². The van der Waals surface area contributed by atoms with Gasteiger partial charge >= 0.3 is 0 Å². The normalized spacial score (nSPS) is 29.5. The minimum atomic E-state index is 0.187. The molecule has 3 aromatic rings. The van der Waals surface area contributed by atoms with Crippen LogP contribution in [-0.2, 0) is 10.3 Å². The van der Waals surface area contributed by atoms with Crippen LogP contribution in [0.4, 0.5) is 5.82 Å². The van der Waals surface area contributed by atoms with E-state index in [1.54, 1.807) is 0 Å². The molecule has 2 bridgehead atoms. The molecule has 0 amide bonds. The maximum absolute atomic E-state index is 6.66. The molecule has 0 radical (unpaired) electrons. The zero-order chi connectivity index (χ0) is 20.8. The van der Waals surface area contributed by atoms with Crippen molar-refractivity contribution in [1.29, 1.82) is 0 Å². The van der Waals surface area contributed by atoms with Gasteiger partial charge in [0.2, 0.25) is 0 Å². The van der Waals surface area contributed by atoms with E-state index >= 15 is 0 Å². The second-order valence-electron chi connectivity index (χ2n) is 10.1. The van der Waals surface area contributed by atoms with E-state index < -0.39 is 0 Å². The Morgan fingerprint density at radius 1 is 1.06 bits per heavy atom. The van der Waals surface area contributed by atoms with Crippen molar-refractivity contribution in [3.8, 4) is 5.69 Å². The molecule has 3 aromatic heterocycles. The molecule has 8 nitrogen and oxygen atoms in total. The topological polar surface area (TPSA) is 64.2 Å². The first-order valence-electron chi connectivity index (χ1n) is 11.2. The third kappa shape index (κ3) is 2.58. The summed E-state index contributed by atoms with van der Waals surface area (Å²) in [5.74, 6) is 1.77. The van der Waals surface area contributed by atoms with Gasteiger partial charge in [0.1, 0.15) is 11.5 Å². The molecule has 5 aliphatic rings. The predicted molar refractivity (Wildman–Crippen MR) is 118 cm³/mol. The summed E-state index contributed by atoms with van der Waals surface area (Å²) in [5.41, 5.74) is 2.25. The molecule has 3 saturated carbocycles. The summed E-state index contributed by atoms with van der Waals surface area (Å²) in [6.07, 6.45) is 9.67. The number of fused-ring (bicyclic) bond motifs is 1. The van der Waals surface area contributed by atoms with E-state index in [1.807, 2.05) is 23.1 Å². The van der Waals surface area contributed by atoms with Gasteiger partial charge in [-0.1, -0.05) is 11.6 Å². The molecule has 9 heteroatoms. The van der Waals surface area contributed by atoms with Gasteiger partial charge in [-0.15, -0.1) is 0 Å². The third-order valence-corrected chi connectivity index (χ3v) is 8.23. The zero-order valence-electron chi connectivity index (χ0n) is 17.7. The van der Waals surface area contributed by atoms with Crippen molar-refractivity contribution in [1.82, 2.24) is 29.4 Å². The summed E-state index contributed by atoms with van der Waals surface area (Å²) in [6, 6.07) is 1.99. The van der Waals surface area contributed by atoms with Crippen molar-refractivity contribution in [2.45, 2.75) is 37.3 Å². The Morgan fingerprint density at radius 3 is 2.48 bits per heavy atom. The maximum atomic E-state index is 6.66. The molecule has 3 aliphatic carbocycles. The summed E-state index contributed by atoms with van der Waals surface area (Å²) < 4.78 is 9.49. The van der Waals surface area contributed by atoms with Crippen LogP contribution in [-0.4, -0.2) is 74.4 Å². The number of halogens is 1. The summed E-state index contributed by atoms with van der Waals surface area (Å²) in [6.45, 7) is 7.73. The summed E-state index contributed by atoms with van der Waals surface area (Å²) in [5, 5.41) is 10.9. The Kier molecular flexibility index (Phi) is 3.69. The van der Waals surface area contributed by atoms with Crippen LogP contribution in [0, 0.1) is 5.92 Å². The molecule has 0 unspecified atom stereocenters. The highest BCUT2D eigenvalue weighted by Crippen LogP contribution is 2.62. The van der Waals surface area contributed by atoms with Gasteiger partial charge in [0.25, 0.3) is 0 Å². The predicted octanol–water partition coefficient (Wildman–Crippen LogP) is 2.69. The van der Waals surface area contributed by atoms with Gasteiger partial charge in [0.05, 0.1) is 47.9 Å². The van der Waals surface area contributed by atoms with E-state index in [0.29, 0.717) is 5.02 Å². The highest BCUT2D eigenvalue weighted by atomic mass is 35.5. The Balaban J connectivity index is 1.18. The molecule has 0 aromatic carbocycles. The lowest BCUT2D eigenvalue weighted by molar-refractivity contribution is -0.131. The molecule has 0 atom stereocenters. The van der Waals surface area contributed by atoms with Crippen molar-refractivity contribution in [2.75, 3.05) is 44.3 Å². The van der Waals surface area contributed by atoms with Crippen molar-refractivity contribution in [3.63, 3.8) is 0 Å². The van der Waals surface area contributed by atoms with E-state index in [1.165, 1.54) is 19.3 Å². The number of ether oxygens (including phenoxy) is 1. The van der Waals surface area contributed by atoms with E-state index in [0.717, 1.165) is 67.8 Å². The molecule has 162 valence electrons. The standard InChI is InChI=1S/C22H26ClN7O/c1-21(13-31-14-21)28-4-2-27(3-5-28)20-18(23)6-16-10-25-30(19(16)26-20)17-11-24-29(12-17)22-7-15(8-22)9-22/h6,10-12,15H,2-5,7-9,13-14H2,1H3. The average molecular weight is 440 g/mol. The van der Waals surface area contributed by atoms with E-state index in [9.17, 15) is 0 Å². The van der Waals surface area contributed by atoms with Crippen LogP contribution >= 0.6 is 11.6 Å². The number of hydrogen-bond donors (Lipinski definition) is 0. The molecule has 2 saturated heterocycles. The molecule has 0 spiro atoms.